The van der Waals surface area contributed by atoms with Gasteiger partial charge in [0.2, 0.25) is 21.8 Å². The van der Waals surface area contributed by atoms with Crippen molar-refractivity contribution in [1.29, 1.82) is 0 Å². The lowest BCUT2D eigenvalue weighted by Crippen LogP contribution is -2.50. The Balaban J connectivity index is 1.90. The molecule has 0 bridgehead atoms. The largest absolute Gasteiger partial charge is 0.354 e. The third-order valence-corrected chi connectivity index (χ3v) is 9.02. The average molecular weight is 633 g/mol. The summed E-state index contributed by atoms with van der Waals surface area (Å²) in [6.45, 7) is 4.54. The lowest BCUT2D eigenvalue weighted by atomic mass is 10.0. The highest BCUT2D eigenvalue weighted by Gasteiger charge is 2.31. The van der Waals surface area contributed by atoms with E-state index in [4.69, 9.17) is 23.2 Å². The van der Waals surface area contributed by atoms with Crippen molar-refractivity contribution in [2.45, 2.75) is 58.5 Å². The zero-order valence-electron chi connectivity index (χ0n) is 24.4. The van der Waals surface area contributed by atoms with Crippen molar-refractivity contribution in [2.24, 2.45) is 0 Å². The van der Waals surface area contributed by atoms with E-state index in [-0.39, 0.29) is 37.7 Å². The van der Waals surface area contributed by atoms with Gasteiger partial charge in [-0.2, -0.15) is 0 Å². The van der Waals surface area contributed by atoms with Gasteiger partial charge in [0.1, 0.15) is 6.04 Å². The van der Waals surface area contributed by atoms with E-state index in [0.717, 1.165) is 30.2 Å². The van der Waals surface area contributed by atoms with Crippen LogP contribution >= 0.6 is 23.2 Å². The molecule has 1 unspecified atom stereocenters. The number of unbranched alkanes of at least 4 members (excludes halogenated alkanes) is 1. The molecule has 226 valence electrons. The van der Waals surface area contributed by atoms with E-state index in [2.05, 4.69) is 5.32 Å². The van der Waals surface area contributed by atoms with Gasteiger partial charge in [0.25, 0.3) is 0 Å². The minimum Gasteiger partial charge on any atom is -0.354 e. The zero-order chi connectivity index (χ0) is 30.7. The fourth-order valence-corrected chi connectivity index (χ4v) is 6.10. The van der Waals surface area contributed by atoms with Gasteiger partial charge in [0.15, 0.2) is 0 Å². The van der Waals surface area contributed by atoms with Crippen molar-refractivity contribution in [1.82, 2.24) is 10.2 Å². The summed E-state index contributed by atoms with van der Waals surface area (Å²) >= 11 is 12.8. The number of rotatable bonds is 15. The number of hydrogen-bond donors (Lipinski definition) is 1. The maximum absolute atomic E-state index is 13.9. The summed E-state index contributed by atoms with van der Waals surface area (Å²) in [6.07, 6.45) is 3.49. The predicted molar refractivity (Wildman–Crippen MR) is 171 cm³/mol. The van der Waals surface area contributed by atoms with Crippen LogP contribution in [0.15, 0.2) is 72.8 Å². The monoisotopic (exact) mass is 631 g/mol. The third-order valence-electron chi connectivity index (χ3n) is 7.06. The predicted octanol–water partition coefficient (Wildman–Crippen LogP) is 6.40. The Morgan fingerprint density at radius 1 is 0.905 bits per heavy atom. The van der Waals surface area contributed by atoms with Gasteiger partial charge in [-0.05, 0) is 54.7 Å². The number of sulfonamides is 1. The number of anilines is 1. The van der Waals surface area contributed by atoms with Gasteiger partial charge >= 0.3 is 0 Å². The van der Waals surface area contributed by atoms with Crippen molar-refractivity contribution >= 4 is 50.7 Å². The van der Waals surface area contributed by atoms with Crippen molar-refractivity contribution in [2.75, 3.05) is 23.7 Å². The number of nitrogens with zero attached hydrogens (tertiary/aromatic N) is 2. The third kappa shape index (κ3) is 9.48. The van der Waals surface area contributed by atoms with Crippen molar-refractivity contribution in [3.63, 3.8) is 0 Å². The second kappa shape index (κ2) is 16.0. The van der Waals surface area contributed by atoms with Crippen LogP contribution in [-0.4, -0.2) is 50.5 Å². The molecule has 1 N–H and O–H groups in total. The van der Waals surface area contributed by atoms with Crippen LogP contribution in [0, 0.1) is 6.92 Å². The topological polar surface area (TPSA) is 86.8 Å². The van der Waals surface area contributed by atoms with E-state index in [1.807, 2.05) is 55.5 Å². The van der Waals surface area contributed by atoms with E-state index in [0.29, 0.717) is 34.3 Å². The maximum atomic E-state index is 13.9. The summed E-state index contributed by atoms with van der Waals surface area (Å²) in [5.41, 5.74) is 2.76. The highest BCUT2D eigenvalue weighted by atomic mass is 35.5. The number of amides is 2. The molecule has 0 aliphatic carbocycles. The lowest BCUT2D eigenvalue weighted by Gasteiger charge is -2.32. The van der Waals surface area contributed by atoms with Crippen molar-refractivity contribution in [3.8, 4) is 0 Å². The molecule has 0 saturated heterocycles. The molecule has 10 heteroatoms. The Kier molecular flexibility index (Phi) is 12.7. The lowest BCUT2D eigenvalue weighted by molar-refractivity contribution is -0.141. The first-order chi connectivity index (χ1) is 20.0. The zero-order valence-corrected chi connectivity index (χ0v) is 26.7. The first-order valence-electron chi connectivity index (χ1n) is 14.1. The van der Waals surface area contributed by atoms with Crippen LogP contribution in [-0.2, 0) is 32.6 Å². The fourth-order valence-electron chi connectivity index (χ4n) is 4.72. The second-order valence-corrected chi connectivity index (χ2v) is 13.0. The van der Waals surface area contributed by atoms with E-state index in [9.17, 15) is 18.0 Å². The normalized spacial score (nSPS) is 12.0. The SMILES string of the molecule is CCCCNC(=O)C(Cc1ccccc1)N(Cc1ccccc1Cl)C(=O)CCCN(c1cccc(Cl)c1C)S(C)(=O)=O. The molecule has 3 rings (SSSR count). The maximum Gasteiger partial charge on any atom is 0.243 e. The Bertz CT molecular complexity index is 1450. The van der Waals surface area contributed by atoms with Crippen LogP contribution in [0.4, 0.5) is 5.69 Å². The molecule has 0 saturated carbocycles. The number of benzene rings is 3. The van der Waals surface area contributed by atoms with Crippen LogP contribution in [0.2, 0.25) is 10.0 Å². The molecule has 3 aromatic rings. The Labute approximate surface area is 259 Å². The standard InChI is InChI=1S/C32H39Cl2N3O4S/c1-4-5-20-35-32(39)30(22-25-13-7-6-8-14-25)36(23-26-15-9-10-16-28(26)34)31(38)19-12-21-37(42(3,40)41)29-18-11-17-27(33)24(29)2/h6-11,13-18,30H,4-5,12,19-23H2,1-3H3,(H,35,39). The van der Waals surface area contributed by atoms with Gasteiger partial charge in [-0.25, -0.2) is 8.42 Å². The highest BCUT2D eigenvalue weighted by Crippen LogP contribution is 2.29. The molecule has 0 heterocycles. The molecule has 3 aromatic carbocycles. The second-order valence-electron chi connectivity index (χ2n) is 10.3. The van der Waals surface area contributed by atoms with E-state index in [1.165, 1.54) is 4.31 Å². The van der Waals surface area contributed by atoms with Gasteiger partial charge in [0, 0.05) is 42.5 Å². The summed E-state index contributed by atoms with van der Waals surface area (Å²) in [7, 11) is -3.64. The number of carbonyl (C=O) groups excluding carboxylic acids is 2. The molecule has 0 spiro atoms. The smallest absolute Gasteiger partial charge is 0.243 e. The van der Waals surface area contributed by atoms with Gasteiger partial charge < -0.3 is 10.2 Å². The summed E-state index contributed by atoms with van der Waals surface area (Å²) in [4.78, 5) is 29.1. The van der Waals surface area contributed by atoms with Gasteiger partial charge in [-0.1, -0.05) is 91.1 Å². The summed E-state index contributed by atoms with van der Waals surface area (Å²) in [5, 5.41) is 3.96. The Morgan fingerprint density at radius 2 is 1.57 bits per heavy atom. The molecule has 0 aliphatic heterocycles. The van der Waals surface area contributed by atoms with Crippen LogP contribution in [0.5, 0.6) is 0 Å². The van der Waals surface area contributed by atoms with E-state index >= 15 is 0 Å². The molecule has 42 heavy (non-hydrogen) atoms. The first kappa shape index (κ1) is 33.4. The molecular formula is C32H39Cl2N3O4S. The van der Waals surface area contributed by atoms with Gasteiger partial charge in [-0.15, -0.1) is 0 Å². The minimum absolute atomic E-state index is 0.0314. The van der Waals surface area contributed by atoms with Crippen molar-refractivity contribution < 1.29 is 18.0 Å². The van der Waals surface area contributed by atoms with Crippen LogP contribution < -0.4 is 9.62 Å². The molecule has 2 amide bonds. The van der Waals surface area contributed by atoms with Crippen LogP contribution in [0.25, 0.3) is 0 Å². The number of hydrogen-bond acceptors (Lipinski definition) is 4. The highest BCUT2D eigenvalue weighted by molar-refractivity contribution is 7.92. The molecule has 0 aromatic heterocycles. The van der Waals surface area contributed by atoms with Gasteiger partial charge in [0.05, 0.1) is 11.9 Å². The Morgan fingerprint density at radius 3 is 2.24 bits per heavy atom. The van der Waals surface area contributed by atoms with Crippen molar-refractivity contribution in [3.05, 3.63) is 99.5 Å². The number of carbonyl (C=O) groups is 2. The first-order valence-corrected chi connectivity index (χ1v) is 16.7. The Hall–Kier alpha value is -3.07. The summed E-state index contributed by atoms with van der Waals surface area (Å²) < 4.78 is 26.7. The molecule has 7 nitrogen and oxygen atoms in total. The molecular weight excluding hydrogens is 593 g/mol. The van der Waals surface area contributed by atoms with Gasteiger partial charge in [-0.3, -0.25) is 13.9 Å². The fraction of sp³-hybridized carbons (Fsp3) is 0.375. The molecule has 1 atom stereocenters. The number of halogens is 2. The molecule has 0 fully saturated rings. The number of nitrogens with one attached hydrogen (secondary N) is 1. The van der Waals surface area contributed by atoms with Crippen LogP contribution in [0.3, 0.4) is 0 Å². The van der Waals surface area contributed by atoms with E-state index in [1.54, 1.807) is 36.1 Å². The minimum atomic E-state index is -3.64. The summed E-state index contributed by atoms with van der Waals surface area (Å²) in [5.74, 6) is -0.502. The molecule has 0 radical (unpaired) electrons. The quantitative estimate of drug-likeness (QED) is 0.197. The van der Waals surface area contributed by atoms with E-state index < -0.39 is 16.1 Å². The van der Waals surface area contributed by atoms with Crippen LogP contribution in [0.1, 0.15) is 49.3 Å². The summed E-state index contributed by atoms with van der Waals surface area (Å²) in [6, 6.07) is 21.1. The molecule has 0 aliphatic rings. The average Bonchev–Trinajstić information content (AvgIpc) is 2.95.